The lowest BCUT2D eigenvalue weighted by Crippen LogP contribution is -2.16. The number of carbonyl (C=O) groups excluding carboxylic acids is 1. The van der Waals surface area contributed by atoms with Crippen LogP contribution in [0.5, 0.6) is 0 Å². The quantitative estimate of drug-likeness (QED) is 0.503. The Kier molecular flexibility index (Phi) is 6.34. The van der Waals surface area contributed by atoms with E-state index in [4.69, 9.17) is 0 Å². The molecule has 0 heterocycles. The third-order valence-electron chi connectivity index (χ3n) is 3.69. The van der Waals surface area contributed by atoms with Crippen molar-refractivity contribution >= 4 is 28.7 Å². The summed E-state index contributed by atoms with van der Waals surface area (Å²) in [5, 5.41) is 7.30. The van der Waals surface area contributed by atoms with Crippen molar-refractivity contribution in [2.24, 2.45) is 0 Å². The molecule has 1 amide bonds. The summed E-state index contributed by atoms with van der Waals surface area (Å²) in [4.78, 5) is 11.1. The molecule has 2 aromatic rings. The fourth-order valence-electron chi connectivity index (χ4n) is 2.62. The number of benzene rings is 2. The number of hydrogen-bond donors (Lipinski definition) is 3. The summed E-state index contributed by atoms with van der Waals surface area (Å²) in [6.07, 6.45) is -9.49. The summed E-state index contributed by atoms with van der Waals surface area (Å²) >= 11 is 0. The van der Waals surface area contributed by atoms with E-state index in [9.17, 15) is 31.1 Å². The van der Waals surface area contributed by atoms with Gasteiger partial charge in [-0.15, -0.1) is 0 Å². The zero-order valence-corrected chi connectivity index (χ0v) is 15.7. The minimum atomic E-state index is -4.79. The Hall–Kier alpha value is -2.91. The maximum atomic E-state index is 13.4. The molecule has 0 aliphatic rings. The lowest BCUT2D eigenvalue weighted by molar-refractivity contribution is -0.137. The maximum Gasteiger partial charge on any atom is 0.418 e. The number of rotatable bonds is 5. The first-order valence-corrected chi connectivity index (χ1v) is 8.51. The normalized spacial score (nSPS) is 12.1. The van der Waals surface area contributed by atoms with Crippen LogP contribution in [-0.2, 0) is 17.1 Å². The molecule has 0 radical (unpaired) electrons. The van der Waals surface area contributed by atoms with Gasteiger partial charge >= 0.3 is 12.4 Å². The lowest BCUT2D eigenvalue weighted by Gasteiger charge is -2.20. The van der Waals surface area contributed by atoms with Gasteiger partial charge in [0.05, 0.1) is 16.8 Å². The van der Waals surface area contributed by atoms with Gasteiger partial charge in [-0.05, 0) is 50.2 Å². The second kappa shape index (κ2) is 8.22. The molecule has 0 saturated heterocycles. The summed E-state index contributed by atoms with van der Waals surface area (Å²) in [7, 11) is 0. The molecule has 0 spiro atoms. The van der Waals surface area contributed by atoms with Crippen molar-refractivity contribution < 1.29 is 31.1 Å². The van der Waals surface area contributed by atoms with Gasteiger partial charge in [-0.1, -0.05) is 0 Å². The van der Waals surface area contributed by atoms with E-state index in [1.807, 2.05) is 0 Å². The molecule has 29 heavy (non-hydrogen) atoms. The number of alkyl halides is 6. The summed E-state index contributed by atoms with van der Waals surface area (Å²) < 4.78 is 80.3. The first-order valence-electron chi connectivity index (χ1n) is 8.51. The van der Waals surface area contributed by atoms with E-state index in [-0.39, 0.29) is 23.1 Å². The minimum Gasteiger partial charge on any atom is -0.382 e. The number of nitrogens with one attached hydrogen (secondary N) is 3. The first-order chi connectivity index (χ1) is 13.3. The molecule has 0 atom stereocenters. The summed E-state index contributed by atoms with van der Waals surface area (Å²) in [5.41, 5.74) is -2.98. The molecule has 158 valence electrons. The Morgan fingerprint density at radius 1 is 0.828 bits per heavy atom. The predicted molar refractivity (Wildman–Crippen MR) is 99.2 cm³/mol. The van der Waals surface area contributed by atoms with Gasteiger partial charge in [0.2, 0.25) is 5.91 Å². The molecular weight excluding hydrogens is 400 g/mol. The van der Waals surface area contributed by atoms with E-state index in [1.165, 1.54) is 12.1 Å². The maximum absolute atomic E-state index is 13.4. The van der Waals surface area contributed by atoms with Crippen molar-refractivity contribution in [3.8, 4) is 0 Å². The van der Waals surface area contributed by atoms with Crippen molar-refractivity contribution in [2.45, 2.75) is 39.2 Å². The minimum absolute atomic E-state index is 0.0807. The Balaban J connectivity index is 2.46. The van der Waals surface area contributed by atoms with Gasteiger partial charge in [0.15, 0.2) is 0 Å². The molecule has 4 nitrogen and oxygen atoms in total. The van der Waals surface area contributed by atoms with Crippen LogP contribution in [0.4, 0.5) is 49.1 Å². The van der Waals surface area contributed by atoms with Crippen molar-refractivity contribution in [1.82, 2.24) is 0 Å². The Morgan fingerprint density at radius 2 is 1.31 bits per heavy atom. The highest BCUT2D eigenvalue weighted by molar-refractivity contribution is 5.89. The zero-order valence-electron chi connectivity index (χ0n) is 15.7. The van der Waals surface area contributed by atoms with Gasteiger partial charge < -0.3 is 16.0 Å². The van der Waals surface area contributed by atoms with Crippen molar-refractivity contribution in [2.75, 3.05) is 16.0 Å². The molecule has 0 saturated carbocycles. The average Bonchev–Trinajstić information content (AvgIpc) is 2.54. The van der Waals surface area contributed by atoms with E-state index >= 15 is 0 Å². The standard InChI is InChI=1S/C19H19F6N3O/c1-10(2)26-16-6-5-13(9-14(16)18(20,21)22)28-17-7-4-12(27-11(3)29)8-15(17)19(23,24)25/h4-10,26,28H,1-3H3,(H,27,29). The van der Waals surface area contributed by atoms with Crippen LogP contribution in [0.25, 0.3) is 0 Å². The second-order valence-corrected chi connectivity index (χ2v) is 6.62. The molecule has 0 fully saturated rings. The number of anilines is 4. The molecule has 0 aliphatic carbocycles. The van der Waals surface area contributed by atoms with Crippen LogP contribution in [0.2, 0.25) is 0 Å². The smallest absolute Gasteiger partial charge is 0.382 e. The molecule has 0 unspecified atom stereocenters. The SMILES string of the molecule is CC(=O)Nc1ccc(Nc2ccc(NC(C)C)c(C(F)(F)F)c2)c(C(F)(F)F)c1. The fraction of sp³-hybridized carbons (Fsp3) is 0.316. The van der Waals surface area contributed by atoms with Gasteiger partial charge in [0, 0.05) is 30.0 Å². The highest BCUT2D eigenvalue weighted by Gasteiger charge is 2.36. The zero-order chi connectivity index (χ0) is 22.0. The summed E-state index contributed by atoms with van der Waals surface area (Å²) in [5.74, 6) is -0.554. The van der Waals surface area contributed by atoms with Gasteiger partial charge in [-0.2, -0.15) is 26.3 Å². The average molecular weight is 419 g/mol. The van der Waals surface area contributed by atoms with Crippen LogP contribution in [0.15, 0.2) is 36.4 Å². The molecule has 0 bridgehead atoms. The van der Waals surface area contributed by atoms with Crippen molar-refractivity contribution in [3.05, 3.63) is 47.5 Å². The Labute approximate surface area is 163 Å². The van der Waals surface area contributed by atoms with E-state index < -0.39 is 35.1 Å². The van der Waals surface area contributed by atoms with Gasteiger partial charge in [0.1, 0.15) is 0 Å². The number of halogens is 6. The second-order valence-electron chi connectivity index (χ2n) is 6.62. The van der Waals surface area contributed by atoms with Crippen LogP contribution >= 0.6 is 0 Å². The highest BCUT2D eigenvalue weighted by Crippen LogP contribution is 2.40. The Bertz CT molecular complexity index is 890. The van der Waals surface area contributed by atoms with Gasteiger partial charge in [0.25, 0.3) is 0 Å². The molecule has 0 aromatic heterocycles. The highest BCUT2D eigenvalue weighted by atomic mass is 19.4. The Morgan fingerprint density at radius 3 is 1.83 bits per heavy atom. The van der Waals surface area contributed by atoms with Crippen LogP contribution in [-0.4, -0.2) is 11.9 Å². The summed E-state index contributed by atoms with van der Waals surface area (Å²) in [6, 6.07) is 5.86. The van der Waals surface area contributed by atoms with Crippen LogP contribution in [0, 0.1) is 0 Å². The van der Waals surface area contributed by atoms with E-state index in [2.05, 4.69) is 16.0 Å². The van der Waals surface area contributed by atoms with Gasteiger partial charge in [-0.3, -0.25) is 4.79 Å². The predicted octanol–water partition coefficient (Wildman–Crippen LogP) is 6.25. The van der Waals surface area contributed by atoms with Crippen LogP contribution in [0.1, 0.15) is 31.9 Å². The first kappa shape index (κ1) is 22.4. The lowest BCUT2D eigenvalue weighted by atomic mass is 10.1. The largest absolute Gasteiger partial charge is 0.418 e. The van der Waals surface area contributed by atoms with Crippen molar-refractivity contribution in [1.29, 1.82) is 0 Å². The molecule has 2 rings (SSSR count). The third-order valence-corrected chi connectivity index (χ3v) is 3.69. The summed E-state index contributed by atoms with van der Waals surface area (Å²) in [6.45, 7) is 4.47. The molecular formula is C19H19F6N3O. The van der Waals surface area contributed by atoms with Gasteiger partial charge in [-0.25, -0.2) is 0 Å². The third kappa shape index (κ3) is 6.03. The topological polar surface area (TPSA) is 53.2 Å². The van der Waals surface area contributed by atoms with E-state index in [0.29, 0.717) is 6.07 Å². The van der Waals surface area contributed by atoms with Crippen molar-refractivity contribution in [3.63, 3.8) is 0 Å². The number of carbonyl (C=O) groups is 1. The fourth-order valence-corrected chi connectivity index (χ4v) is 2.62. The molecule has 10 heteroatoms. The molecule has 2 aromatic carbocycles. The molecule has 3 N–H and O–H groups in total. The monoisotopic (exact) mass is 419 g/mol. The number of hydrogen-bond acceptors (Lipinski definition) is 3. The molecule has 0 aliphatic heterocycles. The van der Waals surface area contributed by atoms with Crippen LogP contribution in [0.3, 0.4) is 0 Å². The van der Waals surface area contributed by atoms with E-state index in [1.54, 1.807) is 13.8 Å². The van der Waals surface area contributed by atoms with Crippen LogP contribution < -0.4 is 16.0 Å². The number of amides is 1. The van der Waals surface area contributed by atoms with E-state index in [0.717, 1.165) is 25.1 Å².